The average molecular weight is 448 g/mol. The van der Waals surface area contributed by atoms with Crippen LogP contribution in [0.15, 0.2) is 72.8 Å². The summed E-state index contributed by atoms with van der Waals surface area (Å²) in [5, 5.41) is 0. The first-order valence-electron chi connectivity index (χ1n) is 10.8. The predicted molar refractivity (Wildman–Crippen MR) is 124 cm³/mol. The average Bonchev–Trinajstić information content (AvgIpc) is 2.84. The van der Waals surface area contributed by atoms with Crippen LogP contribution in [0.2, 0.25) is 0 Å². The fourth-order valence-electron chi connectivity index (χ4n) is 3.88. The van der Waals surface area contributed by atoms with Crippen molar-refractivity contribution in [1.82, 2.24) is 9.88 Å². The van der Waals surface area contributed by atoms with Gasteiger partial charge >= 0.3 is 0 Å². The molecule has 0 spiro atoms. The first-order valence-corrected chi connectivity index (χ1v) is 10.8. The van der Waals surface area contributed by atoms with Crippen molar-refractivity contribution in [2.75, 3.05) is 31.1 Å². The summed E-state index contributed by atoms with van der Waals surface area (Å²) in [6.07, 6.45) is 5.47. The Labute approximate surface area is 191 Å². The van der Waals surface area contributed by atoms with Gasteiger partial charge in [-0.2, -0.15) is 0 Å². The van der Waals surface area contributed by atoms with E-state index in [1.165, 1.54) is 18.2 Å². The Morgan fingerprint density at radius 1 is 1.09 bits per heavy atom. The van der Waals surface area contributed by atoms with Gasteiger partial charge in [-0.05, 0) is 55.0 Å². The van der Waals surface area contributed by atoms with Gasteiger partial charge < -0.3 is 20.3 Å². The molecule has 33 heavy (non-hydrogen) atoms. The van der Waals surface area contributed by atoms with Crippen LogP contribution in [0.25, 0.3) is 11.3 Å². The Morgan fingerprint density at radius 3 is 2.45 bits per heavy atom. The van der Waals surface area contributed by atoms with Crippen LogP contribution in [0.3, 0.4) is 0 Å². The molecule has 170 valence electrons. The van der Waals surface area contributed by atoms with E-state index >= 15 is 0 Å². The lowest BCUT2D eigenvalue weighted by Gasteiger charge is -2.35. The van der Waals surface area contributed by atoms with Gasteiger partial charge in [-0.3, -0.25) is 9.59 Å². The number of amides is 2. The number of pyridine rings is 1. The maximum absolute atomic E-state index is 13.4. The highest BCUT2D eigenvalue weighted by molar-refractivity contribution is 5.99. The molecule has 2 aromatic rings. The van der Waals surface area contributed by atoms with Crippen LogP contribution in [-0.2, 0) is 4.79 Å². The topological polar surface area (TPSA) is 88.8 Å². The lowest BCUT2D eigenvalue weighted by Crippen LogP contribution is -2.48. The van der Waals surface area contributed by atoms with Gasteiger partial charge in [-0.25, -0.2) is 9.37 Å². The maximum Gasteiger partial charge on any atom is 0.250 e. The van der Waals surface area contributed by atoms with Gasteiger partial charge in [0.2, 0.25) is 5.91 Å². The number of carbonyl (C=O) groups is 2. The minimum Gasteiger partial charge on any atom is -0.462 e. The number of nitrogens with zero attached hydrogens (tertiary/aromatic N) is 3. The second-order valence-corrected chi connectivity index (χ2v) is 7.81. The normalized spacial score (nSPS) is 16.0. The SMILES string of the molecule is C=CC(=O)N1CCN(c2ccc(C(N)=O)c(-c3ccc(OC4=CC(F)=CCC4)cc3)n2)CC1. The molecule has 2 N–H and O–H groups in total. The van der Waals surface area contributed by atoms with E-state index in [1.54, 1.807) is 41.3 Å². The molecule has 8 heteroatoms. The molecule has 1 aliphatic heterocycles. The number of anilines is 1. The van der Waals surface area contributed by atoms with Crippen LogP contribution >= 0.6 is 0 Å². The standard InChI is InChI=1S/C25H25FN4O3/c1-2-23(31)30-14-12-29(13-15-30)22-11-10-21(25(27)32)24(28-22)17-6-8-19(9-7-17)33-20-5-3-4-18(26)16-20/h2,4,6-11,16H,1,3,5,12-15H2,(H2,27,32). The number of halogens is 1. The molecule has 0 unspecified atom stereocenters. The molecule has 1 fully saturated rings. The van der Waals surface area contributed by atoms with Crippen molar-refractivity contribution in [3.63, 3.8) is 0 Å². The summed E-state index contributed by atoms with van der Waals surface area (Å²) in [6.45, 7) is 5.91. The minimum atomic E-state index is -0.569. The molecular weight excluding hydrogens is 423 g/mol. The Bertz CT molecular complexity index is 1130. The fourth-order valence-corrected chi connectivity index (χ4v) is 3.88. The number of rotatable bonds is 6. The van der Waals surface area contributed by atoms with Crippen LogP contribution in [0, 0.1) is 0 Å². The molecule has 0 bridgehead atoms. The van der Waals surface area contributed by atoms with Crippen LogP contribution in [-0.4, -0.2) is 47.9 Å². The number of carbonyl (C=O) groups excluding carboxylic acids is 2. The largest absolute Gasteiger partial charge is 0.462 e. The molecule has 1 aromatic carbocycles. The van der Waals surface area contributed by atoms with Crippen molar-refractivity contribution in [2.45, 2.75) is 12.8 Å². The molecule has 4 rings (SSSR count). The highest BCUT2D eigenvalue weighted by Crippen LogP contribution is 2.29. The predicted octanol–water partition coefficient (Wildman–Crippen LogP) is 3.59. The van der Waals surface area contributed by atoms with Crippen molar-refractivity contribution >= 4 is 17.6 Å². The molecule has 0 radical (unpaired) electrons. The van der Waals surface area contributed by atoms with Gasteiger partial charge in [-0.15, -0.1) is 0 Å². The third kappa shape index (κ3) is 5.11. The maximum atomic E-state index is 13.4. The molecular formula is C25H25FN4O3. The van der Waals surface area contributed by atoms with E-state index in [-0.39, 0.29) is 11.7 Å². The third-order valence-electron chi connectivity index (χ3n) is 5.64. The summed E-state index contributed by atoms with van der Waals surface area (Å²) in [5.74, 6) is 0.887. The van der Waals surface area contributed by atoms with E-state index in [4.69, 9.17) is 15.5 Å². The van der Waals surface area contributed by atoms with E-state index in [2.05, 4.69) is 11.5 Å². The minimum absolute atomic E-state index is 0.0857. The number of ether oxygens (including phenoxy) is 1. The smallest absolute Gasteiger partial charge is 0.250 e. The van der Waals surface area contributed by atoms with Crippen molar-refractivity contribution in [3.05, 3.63) is 78.4 Å². The van der Waals surface area contributed by atoms with Gasteiger partial charge in [-0.1, -0.05) is 6.58 Å². The third-order valence-corrected chi connectivity index (χ3v) is 5.64. The first kappa shape index (κ1) is 22.3. The second kappa shape index (κ2) is 9.68. The zero-order valence-corrected chi connectivity index (χ0v) is 18.2. The Balaban J connectivity index is 1.55. The van der Waals surface area contributed by atoms with E-state index in [0.717, 1.165) is 0 Å². The van der Waals surface area contributed by atoms with Gasteiger partial charge in [0.15, 0.2) is 0 Å². The summed E-state index contributed by atoms with van der Waals surface area (Å²) >= 11 is 0. The van der Waals surface area contributed by atoms with Crippen LogP contribution < -0.4 is 15.4 Å². The van der Waals surface area contributed by atoms with Gasteiger partial charge in [0.1, 0.15) is 23.2 Å². The van der Waals surface area contributed by atoms with Crippen LogP contribution in [0.1, 0.15) is 23.2 Å². The van der Waals surface area contributed by atoms with Crippen molar-refractivity contribution in [1.29, 1.82) is 0 Å². The number of primary amides is 1. The van der Waals surface area contributed by atoms with Crippen molar-refractivity contribution in [2.24, 2.45) is 5.73 Å². The molecule has 2 aliphatic rings. The number of nitrogens with two attached hydrogens (primary N) is 1. The molecule has 2 heterocycles. The van der Waals surface area contributed by atoms with Gasteiger partial charge in [0.05, 0.1) is 11.3 Å². The van der Waals surface area contributed by atoms with E-state index in [0.29, 0.717) is 73.2 Å². The molecule has 2 amide bonds. The summed E-state index contributed by atoms with van der Waals surface area (Å²) in [4.78, 5) is 32.4. The van der Waals surface area contributed by atoms with Gasteiger partial charge in [0.25, 0.3) is 5.91 Å². The number of hydrogen-bond acceptors (Lipinski definition) is 5. The Hall–Kier alpha value is -3.94. The van der Waals surface area contributed by atoms with Gasteiger partial charge in [0, 0.05) is 44.2 Å². The molecule has 0 atom stereocenters. The number of allylic oxidation sites excluding steroid dienone is 4. The Morgan fingerprint density at radius 2 is 1.82 bits per heavy atom. The van der Waals surface area contributed by atoms with E-state index in [1.807, 2.05) is 0 Å². The first-order chi connectivity index (χ1) is 15.9. The van der Waals surface area contributed by atoms with Crippen molar-refractivity contribution in [3.8, 4) is 17.0 Å². The molecule has 1 aliphatic carbocycles. The molecule has 1 saturated heterocycles. The lowest BCUT2D eigenvalue weighted by atomic mass is 10.0. The number of aromatic nitrogens is 1. The summed E-state index contributed by atoms with van der Waals surface area (Å²) in [6, 6.07) is 10.5. The highest BCUT2D eigenvalue weighted by atomic mass is 19.1. The van der Waals surface area contributed by atoms with Crippen LogP contribution in [0.5, 0.6) is 5.75 Å². The monoisotopic (exact) mass is 448 g/mol. The zero-order valence-electron chi connectivity index (χ0n) is 18.2. The summed E-state index contributed by atoms with van der Waals surface area (Å²) in [7, 11) is 0. The highest BCUT2D eigenvalue weighted by Gasteiger charge is 2.22. The zero-order chi connectivity index (χ0) is 23.4. The summed E-state index contributed by atoms with van der Waals surface area (Å²) < 4.78 is 19.2. The van der Waals surface area contributed by atoms with E-state index in [9.17, 15) is 14.0 Å². The molecule has 0 saturated carbocycles. The fraction of sp³-hybridized carbons (Fsp3) is 0.240. The number of hydrogen-bond donors (Lipinski definition) is 1. The molecule has 7 nitrogen and oxygen atoms in total. The molecule has 1 aromatic heterocycles. The second-order valence-electron chi connectivity index (χ2n) is 7.81. The quantitative estimate of drug-likeness (QED) is 0.683. The number of benzene rings is 1. The summed E-state index contributed by atoms with van der Waals surface area (Å²) in [5.41, 5.74) is 7.09. The lowest BCUT2D eigenvalue weighted by molar-refractivity contribution is -0.126. The number of piperazine rings is 1. The Kier molecular flexibility index (Phi) is 6.53. The van der Waals surface area contributed by atoms with E-state index < -0.39 is 5.91 Å². The van der Waals surface area contributed by atoms with Crippen LogP contribution in [0.4, 0.5) is 10.2 Å². The van der Waals surface area contributed by atoms with Crippen molar-refractivity contribution < 1.29 is 18.7 Å².